The Hall–Kier alpha value is -1.39. The summed E-state index contributed by atoms with van der Waals surface area (Å²) in [5.74, 6) is 1.66. The summed E-state index contributed by atoms with van der Waals surface area (Å²) >= 11 is 0. The van der Waals surface area contributed by atoms with Crippen LogP contribution in [0.4, 0.5) is 0 Å². The molecule has 5 heteroatoms. The van der Waals surface area contributed by atoms with Crippen LogP contribution in [0.3, 0.4) is 0 Å². The first kappa shape index (κ1) is 14.0. The number of aromatic amines is 1. The topological polar surface area (TPSA) is 61.9 Å². The molecule has 1 amide bonds. The number of amides is 1. The van der Waals surface area contributed by atoms with Gasteiger partial charge in [0.05, 0.1) is 0 Å². The zero-order valence-corrected chi connectivity index (χ0v) is 12.5. The first-order chi connectivity index (χ1) is 8.79. The van der Waals surface area contributed by atoms with E-state index in [9.17, 15) is 4.79 Å². The van der Waals surface area contributed by atoms with Gasteiger partial charge in [-0.1, -0.05) is 20.8 Å². The number of hydrogen-bond donors (Lipinski definition) is 1. The number of nitrogens with one attached hydrogen (secondary N) is 1. The highest BCUT2D eigenvalue weighted by Gasteiger charge is 2.31. The van der Waals surface area contributed by atoms with Crippen molar-refractivity contribution in [2.75, 3.05) is 6.54 Å². The van der Waals surface area contributed by atoms with Crippen molar-refractivity contribution in [2.45, 2.75) is 58.9 Å². The van der Waals surface area contributed by atoms with Crippen LogP contribution >= 0.6 is 0 Å². The highest BCUT2D eigenvalue weighted by molar-refractivity contribution is 5.90. The number of hydrogen-bond acceptors (Lipinski definition) is 3. The fourth-order valence-corrected chi connectivity index (χ4v) is 1.93. The monoisotopic (exact) mass is 264 g/mol. The second-order valence-corrected chi connectivity index (χ2v) is 6.75. The minimum absolute atomic E-state index is 0.0614. The quantitative estimate of drug-likeness (QED) is 0.908. The summed E-state index contributed by atoms with van der Waals surface area (Å²) < 4.78 is 0. The van der Waals surface area contributed by atoms with Gasteiger partial charge in [-0.2, -0.15) is 0 Å². The third-order valence-corrected chi connectivity index (χ3v) is 3.42. The molecule has 1 heterocycles. The number of carbonyl (C=O) groups excluding carboxylic acids is 1. The Morgan fingerprint density at radius 3 is 2.47 bits per heavy atom. The molecule has 1 aliphatic rings. The van der Waals surface area contributed by atoms with Crippen molar-refractivity contribution in [1.82, 2.24) is 20.1 Å². The summed E-state index contributed by atoms with van der Waals surface area (Å²) in [5, 5.41) is 6.97. The Labute approximate surface area is 114 Å². The van der Waals surface area contributed by atoms with E-state index in [1.165, 1.54) is 12.8 Å². The van der Waals surface area contributed by atoms with Crippen molar-refractivity contribution in [3.8, 4) is 0 Å². The smallest absolute Gasteiger partial charge is 0.293 e. The van der Waals surface area contributed by atoms with Gasteiger partial charge in [0, 0.05) is 18.0 Å². The van der Waals surface area contributed by atoms with Crippen molar-refractivity contribution < 1.29 is 4.79 Å². The lowest BCUT2D eigenvalue weighted by molar-refractivity contribution is 0.0684. The van der Waals surface area contributed by atoms with Gasteiger partial charge in [0.2, 0.25) is 5.82 Å². The lowest BCUT2D eigenvalue weighted by atomic mass is 9.96. The van der Waals surface area contributed by atoms with E-state index >= 15 is 0 Å². The fraction of sp³-hybridized carbons (Fsp3) is 0.786. The minimum atomic E-state index is -0.120. The Kier molecular flexibility index (Phi) is 3.65. The number of rotatable bonds is 4. The van der Waals surface area contributed by atoms with Gasteiger partial charge in [0.1, 0.15) is 5.82 Å². The van der Waals surface area contributed by atoms with Gasteiger partial charge in [-0.25, -0.2) is 4.98 Å². The summed E-state index contributed by atoms with van der Waals surface area (Å²) in [5.41, 5.74) is -0.120. The molecule has 0 spiro atoms. The van der Waals surface area contributed by atoms with E-state index in [1.54, 1.807) is 0 Å². The van der Waals surface area contributed by atoms with Crippen LogP contribution in [0.1, 0.15) is 63.9 Å². The average molecular weight is 264 g/mol. The van der Waals surface area contributed by atoms with Gasteiger partial charge >= 0.3 is 0 Å². The van der Waals surface area contributed by atoms with E-state index in [-0.39, 0.29) is 17.4 Å². The summed E-state index contributed by atoms with van der Waals surface area (Å²) in [6, 6.07) is 0.185. The van der Waals surface area contributed by atoms with E-state index in [1.807, 2.05) is 39.5 Å². The predicted molar refractivity (Wildman–Crippen MR) is 74.0 cm³/mol. The van der Waals surface area contributed by atoms with Crippen molar-refractivity contribution in [3.05, 3.63) is 11.6 Å². The molecule has 2 rings (SSSR count). The van der Waals surface area contributed by atoms with Crippen LogP contribution in [0.5, 0.6) is 0 Å². The highest BCUT2D eigenvalue weighted by Crippen LogP contribution is 2.30. The van der Waals surface area contributed by atoms with E-state index < -0.39 is 0 Å². The van der Waals surface area contributed by atoms with Crippen molar-refractivity contribution in [2.24, 2.45) is 5.92 Å². The molecule has 106 valence electrons. The minimum Gasteiger partial charge on any atom is -0.333 e. The van der Waals surface area contributed by atoms with E-state index in [0.717, 1.165) is 12.4 Å². The number of aromatic nitrogens is 3. The highest BCUT2D eigenvalue weighted by atomic mass is 16.2. The molecule has 1 aliphatic carbocycles. The van der Waals surface area contributed by atoms with Gasteiger partial charge in [-0.15, -0.1) is 5.10 Å². The molecule has 0 aliphatic heterocycles. The van der Waals surface area contributed by atoms with Gasteiger partial charge in [-0.3, -0.25) is 9.89 Å². The molecule has 1 fully saturated rings. The van der Waals surface area contributed by atoms with Crippen molar-refractivity contribution >= 4 is 5.91 Å². The van der Waals surface area contributed by atoms with Gasteiger partial charge < -0.3 is 4.90 Å². The molecule has 19 heavy (non-hydrogen) atoms. The molecular weight excluding hydrogens is 240 g/mol. The lowest BCUT2D eigenvalue weighted by Crippen LogP contribution is -2.39. The second kappa shape index (κ2) is 4.94. The van der Waals surface area contributed by atoms with Gasteiger partial charge in [0.25, 0.3) is 5.91 Å². The summed E-state index contributed by atoms with van der Waals surface area (Å²) in [7, 11) is 0. The molecule has 0 atom stereocenters. The molecule has 0 aromatic carbocycles. The van der Waals surface area contributed by atoms with Gasteiger partial charge in [0.15, 0.2) is 0 Å². The Bertz CT molecular complexity index is 454. The van der Waals surface area contributed by atoms with Crippen LogP contribution in [0, 0.1) is 5.92 Å². The van der Waals surface area contributed by atoms with E-state index in [4.69, 9.17) is 0 Å². The molecule has 1 N–H and O–H groups in total. The molecule has 1 aromatic rings. The fourth-order valence-electron chi connectivity index (χ4n) is 1.93. The Balaban J connectivity index is 2.14. The first-order valence-corrected chi connectivity index (χ1v) is 7.03. The van der Waals surface area contributed by atoms with Crippen LogP contribution in [0.15, 0.2) is 0 Å². The normalized spacial score (nSPS) is 15.9. The van der Waals surface area contributed by atoms with Crippen molar-refractivity contribution in [3.63, 3.8) is 0 Å². The van der Waals surface area contributed by atoms with Crippen molar-refractivity contribution in [1.29, 1.82) is 0 Å². The third-order valence-electron chi connectivity index (χ3n) is 3.42. The Morgan fingerprint density at radius 1 is 1.42 bits per heavy atom. The number of H-pyrrole nitrogens is 1. The van der Waals surface area contributed by atoms with Crippen LogP contribution in [0.2, 0.25) is 0 Å². The van der Waals surface area contributed by atoms with E-state index in [0.29, 0.717) is 11.7 Å². The molecule has 1 saturated carbocycles. The molecule has 0 radical (unpaired) electrons. The standard InChI is InChI=1S/C14H24N4O/c1-9(2)18(8-10-6-7-10)12(19)11-15-13(17-16-11)14(3,4)5/h9-10H,6-8H2,1-5H3,(H,15,16,17). The third kappa shape index (κ3) is 3.33. The maximum absolute atomic E-state index is 12.5. The first-order valence-electron chi connectivity index (χ1n) is 7.03. The van der Waals surface area contributed by atoms with Crippen LogP contribution in [-0.4, -0.2) is 38.6 Å². The zero-order chi connectivity index (χ0) is 14.2. The molecular formula is C14H24N4O. The largest absolute Gasteiger partial charge is 0.333 e. The summed E-state index contributed by atoms with van der Waals surface area (Å²) in [6.07, 6.45) is 2.47. The summed E-state index contributed by atoms with van der Waals surface area (Å²) in [4.78, 5) is 18.7. The lowest BCUT2D eigenvalue weighted by Gasteiger charge is -2.25. The van der Waals surface area contributed by atoms with Crippen LogP contribution < -0.4 is 0 Å². The molecule has 0 saturated heterocycles. The maximum Gasteiger partial charge on any atom is 0.293 e. The number of carbonyl (C=O) groups is 1. The summed E-state index contributed by atoms with van der Waals surface area (Å²) in [6.45, 7) is 11.1. The average Bonchev–Trinajstić information content (AvgIpc) is 2.96. The van der Waals surface area contributed by atoms with E-state index in [2.05, 4.69) is 15.2 Å². The van der Waals surface area contributed by atoms with Gasteiger partial charge in [-0.05, 0) is 32.6 Å². The molecule has 0 bridgehead atoms. The molecule has 5 nitrogen and oxygen atoms in total. The van der Waals surface area contributed by atoms with Crippen LogP contribution in [0.25, 0.3) is 0 Å². The molecule has 0 unspecified atom stereocenters. The maximum atomic E-state index is 12.5. The second-order valence-electron chi connectivity index (χ2n) is 6.75. The predicted octanol–water partition coefficient (Wildman–Crippen LogP) is 2.36. The zero-order valence-electron chi connectivity index (χ0n) is 12.5. The Morgan fingerprint density at radius 2 is 2.05 bits per heavy atom. The number of nitrogens with zero attached hydrogens (tertiary/aromatic N) is 3. The molecule has 1 aromatic heterocycles. The SMILES string of the molecule is CC(C)N(CC1CC1)C(=O)c1n[nH]c(C(C)(C)C)n1. The van der Waals surface area contributed by atoms with Crippen LogP contribution in [-0.2, 0) is 5.41 Å².